The maximum atomic E-state index is 12.4. The molecule has 1 aliphatic rings. The van der Waals surface area contributed by atoms with Crippen molar-refractivity contribution in [3.8, 4) is 5.75 Å². The molecule has 0 aromatic heterocycles. The number of piperidine rings is 1. The molecule has 0 spiro atoms. The number of ether oxygens (including phenoxy) is 1. The van der Waals surface area contributed by atoms with Gasteiger partial charge in [0.2, 0.25) is 0 Å². The van der Waals surface area contributed by atoms with Gasteiger partial charge in [-0.15, -0.1) is 0 Å². The number of carbonyl (C=O) groups excluding carboxylic acids is 2. The van der Waals surface area contributed by atoms with Crippen molar-refractivity contribution in [3.63, 3.8) is 0 Å². The van der Waals surface area contributed by atoms with Crippen molar-refractivity contribution in [2.24, 2.45) is 5.92 Å². The summed E-state index contributed by atoms with van der Waals surface area (Å²) in [5.41, 5.74) is 0.692. The van der Waals surface area contributed by atoms with Crippen molar-refractivity contribution in [1.29, 1.82) is 0 Å². The summed E-state index contributed by atoms with van der Waals surface area (Å²) in [4.78, 5) is 26.4. The van der Waals surface area contributed by atoms with Gasteiger partial charge in [0.05, 0.1) is 5.92 Å². The van der Waals surface area contributed by atoms with Crippen molar-refractivity contribution in [1.82, 2.24) is 4.90 Å². The zero-order valence-corrected chi connectivity index (χ0v) is 12.9. The third-order valence-electron chi connectivity index (χ3n) is 4.10. The Balaban J connectivity index is 1.54. The SMILES string of the molecule is O=C(Oc1ccccc1)C1CCN(C(=O)c2ccccc2)CC1. The van der Waals surface area contributed by atoms with E-state index in [1.165, 1.54) is 0 Å². The van der Waals surface area contributed by atoms with Crippen LogP contribution in [0.5, 0.6) is 5.75 Å². The minimum Gasteiger partial charge on any atom is -0.426 e. The second kappa shape index (κ2) is 7.09. The molecule has 1 saturated heterocycles. The molecule has 118 valence electrons. The average Bonchev–Trinajstić information content (AvgIpc) is 2.63. The second-order valence-electron chi connectivity index (χ2n) is 5.67. The maximum absolute atomic E-state index is 12.4. The van der Waals surface area contributed by atoms with E-state index in [4.69, 9.17) is 4.74 Å². The number of benzene rings is 2. The summed E-state index contributed by atoms with van der Waals surface area (Å²) in [6.07, 6.45) is 1.29. The van der Waals surface area contributed by atoms with Gasteiger partial charge in [-0.3, -0.25) is 9.59 Å². The quantitative estimate of drug-likeness (QED) is 0.646. The zero-order chi connectivity index (χ0) is 16.1. The molecule has 0 atom stereocenters. The fourth-order valence-corrected chi connectivity index (χ4v) is 2.77. The predicted molar refractivity (Wildman–Crippen MR) is 87.1 cm³/mol. The highest BCUT2D eigenvalue weighted by molar-refractivity contribution is 5.94. The third kappa shape index (κ3) is 3.77. The van der Waals surface area contributed by atoms with Crippen LogP contribution in [0, 0.1) is 5.92 Å². The minimum atomic E-state index is -0.206. The van der Waals surface area contributed by atoms with Gasteiger partial charge in [0, 0.05) is 18.7 Å². The third-order valence-corrected chi connectivity index (χ3v) is 4.10. The van der Waals surface area contributed by atoms with Gasteiger partial charge in [-0.1, -0.05) is 36.4 Å². The number of hydrogen-bond acceptors (Lipinski definition) is 3. The number of hydrogen-bond donors (Lipinski definition) is 0. The van der Waals surface area contributed by atoms with E-state index in [0.29, 0.717) is 37.2 Å². The Morgan fingerprint density at radius 2 is 1.43 bits per heavy atom. The first-order valence-electron chi connectivity index (χ1n) is 7.85. The van der Waals surface area contributed by atoms with E-state index < -0.39 is 0 Å². The molecule has 4 heteroatoms. The lowest BCUT2D eigenvalue weighted by Gasteiger charge is -2.31. The van der Waals surface area contributed by atoms with Gasteiger partial charge in [0.15, 0.2) is 0 Å². The lowest BCUT2D eigenvalue weighted by Crippen LogP contribution is -2.41. The van der Waals surface area contributed by atoms with Crippen molar-refractivity contribution in [2.75, 3.05) is 13.1 Å². The molecular formula is C19H19NO3. The molecule has 2 aromatic rings. The highest BCUT2D eigenvalue weighted by atomic mass is 16.5. The Labute approximate surface area is 135 Å². The first kappa shape index (κ1) is 15.3. The molecule has 3 rings (SSSR count). The number of nitrogens with zero attached hydrogens (tertiary/aromatic N) is 1. The van der Waals surface area contributed by atoms with E-state index in [9.17, 15) is 9.59 Å². The average molecular weight is 309 g/mol. The predicted octanol–water partition coefficient (Wildman–Crippen LogP) is 3.14. The van der Waals surface area contributed by atoms with Crippen LogP contribution < -0.4 is 4.74 Å². The van der Waals surface area contributed by atoms with Gasteiger partial charge in [-0.25, -0.2) is 0 Å². The zero-order valence-electron chi connectivity index (χ0n) is 12.9. The molecule has 1 amide bonds. The molecule has 1 fully saturated rings. The maximum Gasteiger partial charge on any atom is 0.314 e. The van der Waals surface area contributed by atoms with Gasteiger partial charge in [0.1, 0.15) is 5.75 Å². The Bertz CT molecular complexity index is 662. The van der Waals surface area contributed by atoms with Gasteiger partial charge in [-0.05, 0) is 37.1 Å². The van der Waals surface area contributed by atoms with Crippen molar-refractivity contribution in [3.05, 3.63) is 66.2 Å². The van der Waals surface area contributed by atoms with E-state index in [-0.39, 0.29) is 17.8 Å². The number of carbonyl (C=O) groups is 2. The van der Waals surface area contributed by atoms with Crippen LogP contribution in [0.1, 0.15) is 23.2 Å². The van der Waals surface area contributed by atoms with Crippen LogP contribution in [0.2, 0.25) is 0 Å². The van der Waals surface area contributed by atoms with Crippen LogP contribution in [-0.4, -0.2) is 29.9 Å². The van der Waals surface area contributed by atoms with E-state index in [0.717, 1.165) is 0 Å². The smallest absolute Gasteiger partial charge is 0.314 e. The largest absolute Gasteiger partial charge is 0.426 e. The number of rotatable bonds is 3. The summed E-state index contributed by atoms with van der Waals surface area (Å²) in [6, 6.07) is 18.3. The molecule has 0 saturated carbocycles. The fourth-order valence-electron chi connectivity index (χ4n) is 2.77. The van der Waals surface area contributed by atoms with Crippen LogP contribution in [0.25, 0.3) is 0 Å². The van der Waals surface area contributed by atoms with E-state index in [1.807, 2.05) is 53.4 Å². The number of para-hydroxylation sites is 1. The number of amides is 1. The molecule has 4 nitrogen and oxygen atoms in total. The van der Waals surface area contributed by atoms with E-state index in [1.54, 1.807) is 12.1 Å². The van der Waals surface area contributed by atoms with Crippen LogP contribution in [0.4, 0.5) is 0 Å². The molecule has 1 aliphatic heterocycles. The van der Waals surface area contributed by atoms with Crippen LogP contribution >= 0.6 is 0 Å². The van der Waals surface area contributed by atoms with E-state index >= 15 is 0 Å². The Hall–Kier alpha value is -2.62. The lowest BCUT2D eigenvalue weighted by molar-refractivity contribution is -0.140. The first-order chi connectivity index (χ1) is 11.2. The fraction of sp³-hybridized carbons (Fsp3) is 0.263. The Morgan fingerprint density at radius 1 is 0.870 bits per heavy atom. The first-order valence-corrected chi connectivity index (χ1v) is 7.85. The monoisotopic (exact) mass is 309 g/mol. The normalized spacial score (nSPS) is 15.2. The minimum absolute atomic E-state index is 0.0282. The summed E-state index contributed by atoms with van der Waals surface area (Å²) in [5.74, 6) is 0.249. The van der Waals surface area contributed by atoms with Gasteiger partial charge in [-0.2, -0.15) is 0 Å². The molecular weight excluding hydrogens is 290 g/mol. The van der Waals surface area contributed by atoms with Crippen molar-refractivity contribution in [2.45, 2.75) is 12.8 Å². The molecule has 0 radical (unpaired) electrons. The van der Waals surface area contributed by atoms with Crippen molar-refractivity contribution >= 4 is 11.9 Å². The van der Waals surface area contributed by atoms with Crippen LogP contribution in [-0.2, 0) is 4.79 Å². The summed E-state index contributed by atoms with van der Waals surface area (Å²) >= 11 is 0. The van der Waals surface area contributed by atoms with E-state index in [2.05, 4.69) is 0 Å². The molecule has 0 aliphatic carbocycles. The molecule has 23 heavy (non-hydrogen) atoms. The second-order valence-corrected chi connectivity index (χ2v) is 5.67. The summed E-state index contributed by atoms with van der Waals surface area (Å²) in [7, 11) is 0. The van der Waals surface area contributed by atoms with Gasteiger partial charge < -0.3 is 9.64 Å². The summed E-state index contributed by atoms with van der Waals surface area (Å²) in [5, 5.41) is 0. The Kier molecular flexibility index (Phi) is 4.71. The topological polar surface area (TPSA) is 46.6 Å². The highest BCUT2D eigenvalue weighted by Gasteiger charge is 2.29. The van der Waals surface area contributed by atoms with Crippen molar-refractivity contribution < 1.29 is 14.3 Å². The number of likely N-dealkylation sites (tertiary alicyclic amines) is 1. The van der Waals surface area contributed by atoms with Gasteiger partial charge >= 0.3 is 5.97 Å². The Morgan fingerprint density at radius 3 is 2.04 bits per heavy atom. The van der Waals surface area contributed by atoms with Crippen LogP contribution in [0.3, 0.4) is 0 Å². The summed E-state index contributed by atoms with van der Waals surface area (Å²) in [6.45, 7) is 1.17. The number of esters is 1. The molecule has 0 unspecified atom stereocenters. The molecule has 0 N–H and O–H groups in total. The van der Waals surface area contributed by atoms with Crippen LogP contribution in [0.15, 0.2) is 60.7 Å². The van der Waals surface area contributed by atoms with Gasteiger partial charge in [0.25, 0.3) is 5.91 Å². The molecule has 0 bridgehead atoms. The summed E-state index contributed by atoms with van der Waals surface area (Å²) < 4.78 is 5.39. The molecule has 2 aromatic carbocycles. The standard InChI is InChI=1S/C19H19NO3/c21-18(15-7-3-1-4-8-15)20-13-11-16(12-14-20)19(22)23-17-9-5-2-6-10-17/h1-10,16H,11-14H2. The lowest BCUT2D eigenvalue weighted by atomic mass is 9.96. The molecule has 1 heterocycles. The highest BCUT2D eigenvalue weighted by Crippen LogP contribution is 2.21.